The lowest BCUT2D eigenvalue weighted by Crippen LogP contribution is -2.14. The van der Waals surface area contributed by atoms with Crippen molar-refractivity contribution >= 4 is 0 Å². The Balaban J connectivity index is 1.87. The minimum atomic E-state index is 0.304. The van der Waals surface area contributed by atoms with Crippen molar-refractivity contribution < 1.29 is 5.11 Å². The predicted octanol–water partition coefficient (Wildman–Crippen LogP) is 5.47. The molecule has 2 rings (SSSR count). The van der Waals surface area contributed by atoms with Crippen LogP contribution in [0, 0.1) is 5.92 Å². The average molecular weight is 288 g/mol. The van der Waals surface area contributed by atoms with Gasteiger partial charge in [0.1, 0.15) is 0 Å². The van der Waals surface area contributed by atoms with Gasteiger partial charge in [0.25, 0.3) is 0 Å². The summed E-state index contributed by atoms with van der Waals surface area (Å²) in [5.41, 5.74) is 3.04. The average Bonchev–Trinajstić information content (AvgIpc) is 2.54. The van der Waals surface area contributed by atoms with Crippen molar-refractivity contribution in [3.8, 4) is 0 Å². The van der Waals surface area contributed by atoms with Crippen LogP contribution in [0.15, 0.2) is 24.3 Å². The highest BCUT2D eigenvalue weighted by Crippen LogP contribution is 2.39. The van der Waals surface area contributed by atoms with Crippen LogP contribution in [-0.4, -0.2) is 11.7 Å². The van der Waals surface area contributed by atoms with E-state index in [2.05, 4.69) is 31.2 Å². The van der Waals surface area contributed by atoms with Gasteiger partial charge in [0.2, 0.25) is 0 Å². The van der Waals surface area contributed by atoms with Crippen LogP contribution < -0.4 is 0 Å². The number of benzene rings is 1. The molecule has 1 aliphatic carbocycles. The molecule has 1 nitrogen and oxygen atoms in total. The van der Waals surface area contributed by atoms with Gasteiger partial charge in [-0.25, -0.2) is 0 Å². The van der Waals surface area contributed by atoms with Crippen molar-refractivity contribution in [3.63, 3.8) is 0 Å². The second-order valence-electron chi connectivity index (χ2n) is 6.74. The zero-order valence-corrected chi connectivity index (χ0v) is 13.7. The van der Waals surface area contributed by atoms with E-state index in [1.54, 1.807) is 5.56 Å². The number of hydrogen-bond acceptors (Lipinski definition) is 1. The van der Waals surface area contributed by atoms with Gasteiger partial charge in [0.05, 0.1) is 0 Å². The lowest BCUT2D eigenvalue weighted by molar-refractivity contribution is 0.287. The molecule has 1 aliphatic rings. The Hall–Kier alpha value is -0.820. The Morgan fingerprint density at radius 3 is 2.48 bits per heavy atom. The summed E-state index contributed by atoms with van der Waals surface area (Å²) in [6.07, 6.45) is 13.1. The number of hydrogen-bond donors (Lipinski definition) is 1. The SMILES string of the molecule is CCCCCC1CCC(c2ccccc2CCCO)CC1. The van der Waals surface area contributed by atoms with Crippen molar-refractivity contribution in [1.82, 2.24) is 0 Å². The van der Waals surface area contributed by atoms with Crippen molar-refractivity contribution in [1.29, 1.82) is 0 Å². The van der Waals surface area contributed by atoms with Gasteiger partial charge in [0.15, 0.2) is 0 Å². The zero-order chi connectivity index (χ0) is 14.9. The van der Waals surface area contributed by atoms with E-state index in [4.69, 9.17) is 5.11 Å². The maximum atomic E-state index is 9.07. The maximum absolute atomic E-state index is 9.07. The van der Waals surface area contributed by atoms with E-state index in [1.807, 2.05) is 0 Å². The van der Waals surface area contributed by atoms with E-state index < -0.39 is 0 Å². The Bertz CT molecular complexity index is 391. The molecule has 1 heteroatoms. The molecule has 0 heterocycles. The van der Waals surface area contributed by atoms with E-state index in [0.717, 1.165) is 24.7 Å². The highest BCUT2D eigenvalue weighted by atomic mass is 16.2. The van der Waals surface area contributed by atoms with Crippen LogP contribution in [0.1, 0.15) is 81.8 Å². The zero-order valence-electron chi connectivity index (χ0n) is 13.7. The van der Waals surface area contributed by atoms with E-state index in [-0.39, 0.29) is 0 Å². The molecule has 21 heavy (non-hydrogen) atoms. The van der Waals surface area contributed by atoms with Gasteiger partial charge in [0, 0.05) is 6.61 Å². The largest absolute Gasteiger partial charge is 0.396 e. The first-order valence-corrected chi connectivity index (χ1v) is 9.03. The molecule has 0 saturated heterocycles. The highest BCUT2D eigenvalue weighted by molar-refractivity contribution is 5.31. The number of aliphatic hydroxyl groups excluding tert-OH is 1. The Morgan fingerprint density at radius 2 is 1.76 bits per heavy atom. The fraction of sp³-hybridized carbons (Fsp3) is 0.700. The first-order chi connectivity index (χ1) is 10.3. The van der Waals surface area contributed by atoms with E-state index >= 15 is 0 Å². The van der Waals surface area contributed by atoms with Crippen LogP contribution in [0.4, 0.5) is 0 Å². The number of aryl methyl sites for hydroxylation is 1. The summed E-state index contributed by atoms with van der Waals surface area (Å²) in [6, 6.07) is 8.92. The van der Waals surface area contributed by atoms with Gasteiger partial charge < -0.3 is 5.11 Å². The minimum absolute atomic E-state index is 0.304. The van der Waals surface area contributed by atoms with Gasteiger partial charge in [-0.05, 0) is 61.5 Å². The quantitative estimate of drug-likeness (QED) is 0.629. The number of aliphatic hydroxyl groups is 1. The van der Waals surface area contributed by atoms with E-state index in [1.165, 1.54) is 56.9 Å². The third kappa shape index (κ3) is 5.14. The smallest absolute Gasteiger partial charge is 0.0434 e. The molecule has 1 aromatic carbocycles. The monoisotopic (exact) mass is 288 g/mol. The fourth-order valence-corrected chi connectivity index (χ4v) is 3.87. The molecule has 0 unspecified atom stereocenters. The molecule has 0 spiro atoms. The number of rotatable bonds is 8. The van der Waals surface area contributed by atoms with Crippen LogP contribution in [0.5, 0.6) is 0 Å². The first-order valence-electron chi connectivity index (χ1n) is 9.03. The molecule has 118 valence electrons. The minimum Gasteiger partial charge on any atom is -0.396 e. The normalized spacial score (nSPS) is 22.4. The Labute approximate surface area is 130 Å². The van der Waals surface area contributed by atoms with Crippen LogP contribution in [-0.2, 0) is 6.42 Å². The molecular weight excluding hydrogens is 256 g/mol. The standard InChI is InChI=1S/C20H32O/c1-2-3-4-8-17-12-14-19(15-13-17)20-11-6-5-9-18(20)10-7-16-21/h5-6,9,11,17,19,21H,2-4,7-8,10,12-16H2,1H3. The fourth-order valence-electron chi connectivity index (χ4n) is 3.87. The Morgan fingerprint density at radius 1 is 1.00 bits per heavy atom. The van der Waals surface area contributed by atoms with Gasteiger partial charge in [-0.15, -0.1) is 0 Å². The summed E-state index contributed by atoms with van der Waals surface area (Å²) in [5, 5.41) is 9.07. The third-order valence-electron chi connectivity index (χ3n) is 5.16. The molecule has 0 bridgehead atoms. The summed E-state index contributed by atoms with van der Waals surface area (Å²) in [6.45, 7) is 2.60. The second-order valence-corrected chi connectivity index (χ2v) is 6.74. The Kier molecular flexibility index (Phi) is 7.29. The number of unbranched alkanes of at least 4 members (excludes halogenated alkanes) is 2. The summed E-state index contributed by atoms with van der Waals surface area (Å²) in [4.78, 5) is 0. The van der Waals surface area contributed by atoms with Crippen LogP contribution in [0.2, 0.25) is 0 Å². The van der Waals surface area contributed by atoms with Crippen molar-refractivity contribution in [3.05, 3.63) is 35.4 Å². The van der Waals surface area contributed by atoms with Crippen molar-refractivity contribution in [2.75, 3.05) is 6.61 Å². The van der Waals surface area contributed by atoms with E-state index in [0.29, 0.717) is 6.61 Å². The molecule has 0 radical (unpaired) electrons. The molecular formula is C20H32O. The summed E-state index contributed by atoms with van der Waals surface area (Å²) in [7, 11) is 0. The van der Waals surface area contributed by atoms with Gasteiger partial charge >= 0.3 is 0 Å². The molecule has 0 amide bonds. The topological polar surface area (TPSA) is 20.2 Å². The molecule has 0 atom stereocenters. The molecule has 0 aliphatic heterocycles. The van der Waals surface area contributed by atoms with Gasteiger partial charge in [-0.3, -0.25) is 0 Å². The maximum Gasteiger partial charge on any atom is 0.0434 e. The summed E-state index contributed by atoms with van der Waals surface area (Å²) < 4.78 is 0. The molecule has 1 aromatic rings. The summed E-state index contributed by atoms with van der Waals surface area (Å²) in [5.74, 6) is 1.75. The van der Waals surface area contributed by atoms with E-state index in [9.17, 15) is 0 Å². The van der Waals surface area contributed by atoms with Crippen molar-refractivity contribution in [2.24, 2.45) is 5.92 Å². The van der Waals surface area contributed by atoms with Gasteiger partial charge in [-0.2, -0.15) is 0 Å². The molecule has 1 fully saturated rings. The molecule has 1 saturated carbocycles. The van der Waals surface area contributed by atoms with Crippen molar-refractivity contribution in [2.45, 2.75) is 77.0 Å². The van der Waals surface area contributed by atoms with Crippen LogP contribution >= 0.6 is 0 Å². The lowest BCUT2D eigenvalue weighted by Gasteiger charge is -2.30. The summed E-state index contributed by atoms with van der Waals surface area (Å²) >= 11 is 0. The third-order valence-corrected chi connectivity index (χ3v) is 5.16. The van der Waals surface area contributed by atoms with Crippen LogP contribution in [0.3, 0.4) is 0 Å². The lowest BCUT2D eigenvalue weighted by atomic mass is 9.75. The predicted molar refractivity (Wildman–Crippen MR) is 90.7 cm³/mol. The van der Waals surface area contributed by atoms with Gasteiger partial charge in [-0.1, -0.05) is 56.9 Å². The first kappa shape index (κ1) is 16.5. The molecule has 1 N–H and O–H groups in total. The highest BCUT2D eigenvalue weighted by Gasteiger charge is 2.23. The second kappa shape index (κ2) is 9.25. The van der Waals surface area contributed by atoms with Crippen LogP contribution in [0.25, 0.3) is 0 Å². The molecule has 0 aromatic heterocycles.